The monoisotopic (exact) mass is 243 g/mol. The van der Waals surface area contributed by atoms with Crippen LogP contribution in [0.2, 0.25) is 5.02 Å². The summed E-state index contributed by atoms with van der Waals surface area (Å²) in [5.74, 6) is 0. The van der Waals surface area contributed by atoms with Crippen molar-refractivity contribution in [2.75, 3.05) is 5.73 Å². The zero-order valence-electron chi connectivity index (χ0n) is 8.07. The fraction of sp³-hybridized carbons (Fsp3) is 0.100. The molecule has 2 N–H and O–H groups in total. The Hall–Kier alpha value is -1.62. The molecule has 0 saturated carbocycles. The lowest BCUT2D eigenvalue weighted by atomic mass is 10.1. The summed E-state index contributed by atoms with van der Waals surface area (Å²) in [4.78, 5) is 0. The van der Waals surface area contributed by atoms with E-state index in [1.54, 1.807) is 18.2 Å². The Morgan fingerprint density at radius 2 is 2.12 bits per heavy atom. The molecule has 0 bridgehead atoms. The van der Waals surface area contributed by atoms with Crippen molar-refractivity contribution in [3.05, 3.63) is 35.6 Å². The second-order valence-corrected chi connectivity index (χ2v) is 3.63. The van der Waals surface area contributed by atoms with E-state index in [0.717, 1.165) is 0 Å². The summed E-state index contributed by atoms with van der Waals surface area (Å²) >= 11 is 5.95. The van der Waals surface area contributed by atoms with E-state index in [4.69, 9.17) is 17.3 Å². The minimum atomic E-state index is -2.65. The Labute approximate surface area is 95.4 Å². The fourth-order valence-electron chi connectivity index (χ4n) is 1.35. The topological polar surface area (TPSA) is 43.8 Å². The largest absolute Gasteiger partial charge is 0.399 e. The number of nitrogens with zero attached hydrogens (tertiary/aromatic N) is 2. The smallest absolute Gasteiger partial charge is 0.333 e. The van der Waals surface area contributed by atoms with E-state index in [-0.39, 0.29) is 0 Å². The Balaban J connectivity index is 2.42. The van der Waals surface area contributed by atoms with Crippen LogP contribution in [0, 0.1) is 0 Å². The molecule has 0 fully saturated rings. The van der Waals surface area contributed by atoms with Crippen molar-refractivity contribution in [2.45, 2.75) is 6.55 Å². The molecule has 0 saturated heterocycles. The van der Waals surface area contributed by atoms with Gasteiger partial charge in [0.05, 0.1) is 11.2 Å². The van der Waals surface area contributed by atoms with Crippen LogP contribution in [0.3, 0.4) is 0 Å². The lowest BCUT2D eigenvalue weighted by Gasteiger charge is -2.02. The summed E-state index contributed by atoms with van der Waals surface area (Å²) in [6.45, 7) is -2.65. The van der Waals surface area contributed by atoms with Crippen molar-refractivity contribution in [1.29, 1.82) is 0 Å². The quantitative estimate of drug-likeness (QED) is 0.824. The van der Waals surface area contributed by atoms with E-state index in [9.17, 15) is 8.78 Å². The van der Waals surface area contributed by atoms with Gasteiger partial charge in [-0.15, -0.1) is 0 Å². The van der Waals surface area contributed by atoms with Crippen LogP contribution in [-0.4, -0.2) is 9.78 Å². The van der Waals surface area contributed by atoms with Crippen molar-refractivity contribution in [2.24, 2.45) is 0 Å². The van der Waals surface area contributed by atoms with Gasteiger partial charge in [-0.2, -0.15) is 13.9 Å². The molecule has 1 heterocycles. The molecule has 0 spiro atoms. The number of halogens is 3. The lowest BCUT2D eigenvalue weighted by molar-refractivity contribution is 0.0566. The molecule has 2 aromatic rings. The minimum Gasteiger partial charge on any atom is -0.399 e. The third-order valence-electron chi connectivity index (χ3n) is 2.11. The molecule has 6 heteroatoms. The highest BCUT2D eigenvalue weighted by Crippen LogP contribution is 2.29. The van der Waals surface area contributed by atoms with Gasteiger partial charge in [0.2, 0.25) is 0 Å². The number of aromatic nitrogens is 2. The van der Waals surface area contributed by atoms with Crippen LogP contribution in [0.25, 0.3) is 11.1 Å². The van der Waals surface area contributed by atoms with Crippen LogP contribution in [-0.2, 0) is 0 Å². The van der Waals surface area contributed by atoms with Gasteiger partial charge < -0.3 is 5.73 Å². The predicted octanol–water partition coefficient (Wildman–Crippen LogP) is 3.18. The molecule has 0 unspecified atom stereocenters. The summed E-state index contributed by atoms with van der Waals surface area (Å²) < 4.78 is 25.2. The number of rotatable bonds is 2. The number of nitrogen functional groups attached to an aromatic ring is 1. The number of alkyl halides is 2. The summed E-state index contributed by atoms with van der Waals surface area (Å²) in [5, 5.41) is 3.94. The molecule has 16 heavy (non-hydrogen) atoms. The second-order valence-electron chi connectivity index (χ2n) is 3.23. The molecule has 0 amide bonds. The zero-order valence-corrected chi connectivity index (χ0v) is 8.83. The predicted molar refractivity (Wildman–Crippen MR) is 58.3 cm³/mol. The summed E-state index contributed by atoms with van der Waals surface area (Å²) in [6, 6.07) is 4.89. The van der Waals surface area contributed by atoms with Crippen LogP contribution in [0.1, 0.15) is 6.55 Å². The van der Waals surface area contributed by atoms with Gasteiger partial charge in [-0.05, 0) is 12.1 Å². The van der Waals surface area contributed by atoms with Crippen LogP contribution in [0.15, 0.2) is 30.6 Å². The summed E-state index contributed by atoms with van der Waals surface area (Å²) in [7, 11) is 0. The van der Waals surface area contributed by atoms with E-state index in [2.05, 4.69) is 5.10 Å². The molecule has 0 aliphatic heterocycles. The summed E-state index contributed by atoms with van der Waals surface area (Å²) in [5.41, 5.74) is 7.22. The average molecular weight is 244 g/mol. The highest BCUT2D eigenvalue weighted by atomic mass is 35.5. The first-order valence-corrected chi connectivity index (χ1v) is 4.83. The van der Waals surface area contributed by atoms with Gasteiger partial charge >= 0.3 is 6.55 Å². The van der Waals surface area contributed by atoms with Crippen molar-refractivity contribution in [3.63, 3.8) is 0 Å². The Bertz CT molecular complexity index is 511. The van der Waals surface area contributed by atoms with Crippen LogP contribution in [0.5, 0.6) is 0 Å². The van der Waals surface area contributed by atoms with Crippen molar-refractivity contribution >= 4 is 17.3 Å². The Morgan fingerprint density at radius 1 is 1.38 bits per heavy atom. The first kappa shape index (κ1) is 10.9. The first-order chi connectivity index (χ1) is 7.58. The molecule has 1 aromatic carbocycles. The fourth-order valence-corrected chi connectivity index (χ4v) is 1.65. The third-order valence-corrected chi connectivity index (χ3v) is 2.42. The molecule has 0 atom stereocenters. The van der Waals surface area contributed by atoms with Gasteiger partial charge in [-0.3, -0.25) is 0 Å². The third kappa shape index (κ3) is 1.99. The standard InChI is InChI=1S/C10H8ClF2N3/c11-9-3-7(14)1-2-8(9)6-4-15-16(5-6)10(12)13/h1-5,10H,14H2. The number of benzene rings is 1. The molecule has 0 radical (unpaired) electrons. The second kappa shape index (κ2) is 4.09. The zero-order chi connectivity index (χ0) is 11.7. The van der Waals surface area contributed by atoms with Crippen molar-refractivity contribution < 1.29 is 8.78 Å². The highest BCUT2D eigenvalue weighted by Gasteiger charge is 2.10. The van der Waals surface area contributed by atoms with E-state index in [0.29, 0.717) is 26.5 Å². The van der Waals surface area contributed by atoms with Crippen LogP contribution < -0.4 is 5.73 Å². The molecule has 84 valence electrons. The molecular weight excluding hydrogens is 236 g/mol. The minimum absolute atomic E-state index is 0.411. The van der Waals surface area contributed by atoms with E-state index >= 15 is 0 Å². The van der Waals surface area contributed by atoms with Gasteiger partial charge in [0.25, 0.3) is 0 Å². The van der Waals surface area contributed by atoms with Gasteiger partial charge in [0.15, 0.2) is 0 Å². The molecule has 0 aliphatic rings. The first-order valence-electron chi connectivity index (χ1n) is 4.45. The number of nitrogens with two attached hydrogens (primary N) is 1. The SMILES string of the molecule is Nc1ccc(-c2cnn(C(F)F)c2)c(Cl)c1. The maximum atomic E-state index is 12.3. The Morgan fingerprint density at radius 3 is 2.69 bits per heavy atom. The Kier molecular flexibility index (Phi) is 2.78. The normalized spacial score (nSPS) is 11.0. The van der Waals surface area contributed by atoms with Crippen LogP contribution >= 0.6 is 11.6 Å². The average Bonchev–Trinajstić information content (AvgIpc) is 2.66. The molecular formula is C10H8ClF2N3. The maximum Gasteiger partial charge on any atom is 0.333 e. The lowest BCUT2D eigenvalue weighted by Crippen LogP contribution is -1.96. The van der Waals surface area contributed by atoms with Crippen LogP contribution in [0.4, 0.5) is 14.5 Å². The van der Waals surface area contributed by atoms with Gasteiger partial charge in [-0.1, -0.05) is 17.7 Å². The van der Waals surface area contributed by atoms with Crippen molar-refractivity contribution in [1.82, 2.24) is 9.78 Å². The maximum absolute atomic E-state index is 12.3. The highest BCUT2D eigenvalue weighted by molar-refractivity contribution is 6.33. The number of anilines is 1. The number of hydrogen-bond donors (Lipinski definition) is 1. The van der Waals surface area contributed by atoms with E-state index in [1.165, 1.54) is 12.4 Å². The molecule has 1 aromatic heterocycles. The van der Waals surface area contributed by atoms with Gasteiger partial charge in [-0.25, -0.2) is 4.68 Å². The number of hydrogen-bond acceptors (Lipinski definition) is 2. The molecule has 2 rings (SSSR count). The molecule has 3 nitrogen and oxygen atoms in total. The summed E-state index contributed by atoms with van der Waals surface area (Å²) in [6.07, 6.45) is 2.58. The molecule has 0 aliphatic carbocycles. The van der Waals surface area contributed by atoms with E-state index < -0.39 is 6.55 Å². The van der Waals surface area contributed by atoms with Gasteiger partial charge in [0.1, 0.15) is 0 Å². The van der Waals surface area contributed by atoms with E-state index in [1.807, 2.05) is 0 Å². The van der Waals surface area contributed by atoms with Gasteiger partial charge in [0, 0.05) is 23.0 Å². The van der Waals surface area contributed by atoms with Crippen molar-refractivity contribution in [3.8, 4) is 11.1 Å².